The molecule has 0 aromatic carbocycles. The maximum atomic E-state index is 13.5. The van der Waals surface area contributed by atoms with Gasteiger partial charge in [0, 0.05) is 12.8 Å². The van der Waals surface area contributed by atoms with E-state index in [2.05, 4.69) is 111 Å². The number of phosphoric ester groups is 1. The lowest BCUT2D eigenvalue weighted by atomic mass is 10.0. The van der Waals surface area contributed by atoms with E-state index in [4.69, 9.17) is 13.8 Å². The lowest BCUT2D eigenvalue weighted by Gasteiger charge is -2.27. The van der Waals surface area contributed by atoms with Crippen LogP contribution < -0.4 is 5.32 Å². The Morgan fingerprint density at radius 1 is 0.493 bits per heavy atom. The van der Waals surface area contributed by atoms with Gasteiger partial charge in [-0.3, -0.25) is 18.6 Å². The number of hydrogen-bond acceptors (Lipinski definition) is 6. The first-order chi connectivity index (χ1) is 35.4. The molecule has 0 spiro atoms. The number of quaternary nitrogens is 1. The normalized spacial score (nSPS) is 14.5. The van der Waals surface area contributed by atoms with Gasteiger partial charge < -0.3 is 19.4 Å². The number of rotatable bonds is 52. The van der Waals surface area contributed by atoms with Gasteiger partial charge in [-0.25, -0.2) is 4.57 Å². The maximum Gasteiger partial charge on any atom is 0.472 e. The molecule has 0 saturated heterocycles. The molecular formula is C63H112N2O7P+. The summed E-state index contributed by atoms with van der Waals surface area (Å²) in [6.45, 7) is 6.83. The number of nitrogens with zero attached hydrogens (tertiary/aromatic N) is 1. The number of likely N-dealkylation sites (N-methyl/N-ethyl adjacent to an activating group) is 1. The smallest absolute Gasteiger partial charge is 0.456 e. The van der Waals surface area contributed by atoms with Crippen LogP contribution in [0, 0.1) is 0 Å². The van der Waals surface area contributed by atoms with E-state index < -0.39 is 20.0 Å². The molecule has 0 aliphatic heterocycles. The minimum absolute atomic E-state index is 0.0251. The van der Waals surface area contributed by atoms with Crippen molar-refractivity contribution in [1.29, 1.82) is 0 Å². The van der Waals surface area contributed by atoms with Crippen LogP contribution in [0.1, 0.15) is 239 Å². The van der Waals surface area contributed by atoms with Gasteiger partial charge in [-0.2, -0.15) is 0 Å². The van der Waals surface area contributed by atoms with Crippen LogP contribution in [0.15, 0.2) is 97.2 Å². The van der Waals surface area contributed by atoms with Crippen molar-refractivity contribution in [2.75, 3.05) is 40.9 Å². The quantitative estimate of drug-likeness (QED) is 0.0205. The van der Waals surface area contributed by atoms with E-state index >= 15 is 0 Å². The second kappa shape index (κ2) is 52.4. The maximum absolute atomic E-state index is 13.5. The molecule has 73 heavy (non-hydrogen) atoms. The molecule has 1 amide bonds. The number of carbonyl (C=O) groups excluding carboxylic acids is 2. The zero-order valence-electron chi connectivity index (χ0n) is 47.8. The average Bonchev–Trinajstić information content (AvgIpc) is 3.35. The molecule has 3 atom stereocenters. The fourth-order valence-electron chi connectivity index (χ4n) is 7.94. The molecule has 0 rings (SSSR count). The number of allylic oxidation sites excluding steroid dienone is 15. The molecule has 0 aliphatic carbocycles. The summed E-state index contributed by atoms with van der Waals surface area (Å²) in [6.07, 6.45) is 69.8. The second-order valence-electron chi connectivity index (χ2n) is 20.8. The molecule has 0 saturated carbocycles. The lowest BCUT2D eigenvalue weighted by Crippen LogP contribution is -2.47. The highest BCUT2D eigenvalue weighted by Gasteiger charge is 2.30. The predicted octanol–water partition coefficient (Wildman–Crippen LogP) is 18.0. The Balaban J connectivity index is 5.42. The summed E-state index contributed by atoms with van der Waals surface area (Å²) in [5, 5.41) is 3.02. The number of esters is 1. The monoisotopic (exact) mass is 1040 g/mol. The Labute approximate surface area is 449 Å². The van der Waals surface area contributed by atoms with E-state index in [1.807, 2.05) is 33.3 Å². The van der Waals surface area contributed by atoms with Crippen LogP contribution in [0.4, 0.5) is 0 Å². The van der Waals surface area contributed by atoms with Gasteiger partial charge in [-0.1, -0.05) is 215 Å². The molecule has 2 N–H and O–H groups in total. The van der Waals surface area contributed by atoms with Gasteiger partial charge in [0.05, 0.1) is 33.8 Å². The molecular weight excluding hydrogens is 928 g/mol. The van der Waals surface area contributed by atoms with Crippen molar-refractivity contribution in [2.24, 2.45) is 0 Å². The van der Waals surface area contributed by atoms with Crippen LogP contribution in [0.3, 0.4) is 0 Å². The van der Waals surface area contributed by atoms with Crippen LogP contribution >= 0.6 is 7.82 Å². The molecule has 9 nitrogen and oxygen atoms in total. The first kappa shape index (κ1) is 69.9. The van der Waals surface area contributed by atoms with Crippen LogP contribution in [0.5, 0.6) is 0 Å². The predicted molar refractivity (Wildman–Crippen MR) is 314 cm³/mol. The molecule has 3 unspecified atom stereocenters. The molecule has 0 heterocycles. The highest BCUT2D eigenvalue weighted by molar-refractivity contribution is 7.47. The van der Waals surface area contributed by atoms with Crippen LogP contribution in [-0.2, 0) is 27.9 Å². The molecule has 0 aromatic rings. The van der Waals surface area contributed by atoms with Crippen molar-refractivity contribution >= 4 is 19.7 Å². The highest BCUT2D eigenvalue weighted by Crippen LogP contribution is 2.43. The van der Waals surface area contributed by atoms with Crippen molar-refractivity contribution in [3.05, 3.63) is 97.2 Å². The summed E-state index contributed by atoms with van der Waals surface area (Å²) in [7, 11) is 1.45. The first-order valence-electron chi connectivity index (χ1n) is 29.6. The third-order valence-corrected chi connectivity index (χ3v) is 13.5. The SMILES string of the molecule is CC/C=C\C/C=C\C/C=C\C/C=C\C/C=C\C/C=C\CCCCC(=O)NC(COP(=O)(O)OCC[N+](C)(C)C)C(/C=C\CCCCCCCCCCCCC)OC(=O)CCCCC/C=C\CCCCCCCC. The fourth-order valence-corrected chi connectivity index (χ4v) is 8.67. The number of carbonyl (C=O) groups is 2. The standard InChI is InChI=1S/C63H111N2O7P/c1-7-10-13-16-19-22-25-28-29-30-31-32-33-34-35-38-40-43-46-49-52-55-62(66)64-60(59-71-73(68,69)70-58-57-65(4,5)6)61(54-51-48-45-42-39-36-26-23-20-17-14-11-8-2)72-63(67)56-53-50-47-44-41-37-27-24-21-18-15-12-9-3/h10,13,19,22,28-29,31-32,34-35,37,40-41,43,51,54,60-61H,7-9,11-12,14-18,20-21,23-27,30,33,36,38-39,42,44-50,52-53,55-59H2,1-6H3,(H-,64,66,68,69)/p+1/b13-10-,22-19-,29-28-,32-31-,35-34-,41-37-,43-40-,54-51-. The van der Waals surface area contributed by atoms with Gasteiger partial charge >= 0.3 is 13.8 Å². The van der Waals surface area contributed by atoms with Crippen molar-refractivity contribution < 1.29 is 37.3 Å². The summed E-state index contributed by atoms with van der Waals surface area (Å²) in [5.74, 6) is -0.579. The first-order valence-corrected chi connectivity index (χ1v) is 31.1. The zero-order valence-corrected chi connectivity index (χ0v) is 48.7. The fraction of sp³-hybridized carbons (Fsp3) is 0.714. The van der Waals surface area contributed by atoms with Crippen LogP contribution in [0.2, 0.25) is 0 Å². The number of ether oxygens (including phenoxy) is 1. The molecule has 0 aromatic heterocycles. The van der Waals surface area contributed by atoms with E-state index in [1.165, 1.54) is 96.3 Å². The second-order valence-corrected chi connectivity index (χ2v) is 22.2. The van der Waals surface area contributed by atoms with Crippen molar-refractivity contribution in [3.63, 3.8) is 0 Å². The Morgan fingerprint density at radius 2 is 0.877 bits per heavy atom. The number of hydrogen-bond donors (Lipinski definition) is 2. The summed E-state index contributed by atoms with van der Waals surface area (Å²) in [6, 6.07) is -0.882. The van der Waals surface area contributed by atoms with Gasteiger partial charge in [0.15, 0.2) is 0 Å². The molecule has 0 bridgehead atoms. The molecule has 0 fully saturated rings. The van der Waals surface area contributed by atoms with Crippen molar-refractivity contribution in [2.45, 2.75) is 251 Å². The van der Waals surface area contributed by atoms with E-state index in [-0.39, 0.29) is 37.9 Å². The van der Waals surface area contributed by atoms with Crippen LogP contribution in [-0.4, -0.2) is 74.3 Å². The van der Waals surface area contributed by atoms with E-state index in [9.17, 15) is 19.0 Å². The summed E-state index contributed by atoms with van der Waals surface area (Å²) >= 11 is 0. The Bertz CT molecular complexity index is 1570. The Morgan fingerprint density at radius 3 is 1.34 bits per heavy atom. The topological polar surface area (TPSA) is 111 Å². The van der Waals surface area contributed by atoms with Crippen molar-refractivity contribution in [1.82, 2.24) is 5.32 Å². The number of nitrogens with one attached hydrogen (secondary N) is 1. The Hall–Kier alpha value is -3.07. The zero-order chi connectivity index (χ0) is 53.6. The van der Waals surface area contributed by atoms with E-state index in [1.54, 1.807) is 0 Å². The average molecular weight is 1040 g/mol. The summed E-state index contributed by atoms with van der Waals surface area (Å²) in [5.41, 5.74) is 0. The summed E-state index contributed by atoms with van der Waals surface area (Å²) in [4.78, 5) is 37.6. The lowest BCUT2D eigenvalue weighted by molar-refractivity contribution is -0.870. The largest absolute Gasteiger partial charge is 0.472 e. The van der Waals surface area contributed by atoms with E-state index in [0.29, 0.717) is 23.9 Å². The Kier molecular flexibility index (Phi) is 50.2. The van der Waals surface area contributed by atoms with E-state index in [0.717, 1.165) is 96.3 Å². The third-order valence-electron chi connectivity index (χ3n) is 12.5. The van der Waals surface area contributed by atoms with Gasteiger partial charge in [-0.05, 0) is 109 Å². The van der Waals surface area contributed by atoms with Crippen molar-refractivity contribution in [3.8, 4) is 0 Å². The molecule has 0 aliphatic rings. The number of phosphoric acid groups is 1. The minimum atomic E-state index is -4.47. The molecule has 10 heteroatoms. The highest BCUT2D eigenvalue weighted by atomic mass is 31.2. The van der Waals surface area contributed by atoms with Gasteiger partial charge in [-0.15, -0.1) is 0 Å². The third kappa shape index (κ3) is 53.6. The number of unbranched alkanes of at least 4 members (excludes halogenated alkanes) is 22. The van der Waals surface area contributed by atoms with Gasteiger partial charge in [0.1, 0.15) is 19.3 Å². The number of amides is 1. The molecule has 0 radical (unpaired) electrons. The van der Waals surface area contributed by atoms with Gasteiger partial charge in [0.25, 0.3) is 0 Å². The van der Waals surface area contributed by atoms with Gasteiger partial charge in [0.2, 0.25) is 5.91 Å². The minimum Gasteiger partial charge on any atom is -0.456 e. The summed E-state index contributed by atoms with van der Waals surface area (Å²) < 4.78 is 30.6. The molecule has 420 valence electrons. The van der Waals surface area contributed by atoms with Crippen LogP contribution in [0.25, 0.3) is 0 Å².